The molecule has 2 atom stereocenters. The summed E-state index contributed by atoms with van der Waals surface area (Å²) in [6.07, 6.45) is 4.10. The number of aliphatic hydroxyl groups is 1. The number of carbonyl (C=O) groups excluding carboxylic acids is 1. The van der Waals surface area contributed by atoms with Gasteiger partial charge in [-0.1, -0.05) is 13.8 Å². The maximum absolute atomic E-state index is 12.5. The molecule has 0 aromatic carbocycles. The molecule has 8 heteroatoms. The van der Waals surface area contributed by atoms with Crippen LogP contribution >= 0.6 is 11.3 Å². The molecule has 0 aliphatic heterocycles. The summed E-state index contributed by atoms with van der Waals surface area (Å²) in [5.41, 5.74) is 2.04. The van der Waals surface area contributed by atoms with Crippen molar-refractivity contribution in [2.75, 3.05) is 6.61 Å². The fourth-order valence-electron chi connectivity index (χ4n) is 3.71. The Balaban J connectivity index is 1.87. The monoisotopic (exact) mass is 373 g/mol. The molecule has 3 aromatic heterocycles. The Bertz CT molecular complexity index is 989. The van der Waals surface area contributed by atoms with Gasteiger partial charge in [0.05, 0.1) is 18.0 Å². The molecule has 0 bridgehead atoms. The molecule has 0 fully saturated rings. The SMILES string of the molecule is CC[C@H](CO)NC(=O)c1nc2c3c4c(sc3nc(C)n2n1)CCC[C@@H]4C. The minimum absolute atomic E-state index is 0.101. The van der Waals surface area contributed by atoms with E-state index in [2.05, 4.69) is 22.3 Å². The molecule has 7 nitrogen and oxygen atoms in total. The molecule has 0 radical (unpaired) electrons. The van der Waals surface area contributed by atoms with Crippen molar-refractivity contribution >= 4 is 33.1 Å². The maximum atomic E-state index is 12.5. The van der Waals surface area contributed by atoms with Gasteiger partial charge >= 0.3 is 0 Å². The molecule has 0 spiro atoms. The fourth-order valence-corrected chi connectivity index (χ4v) is 5.08. The third kappa shape index (κ3) is 2.68. The average Bonchev–Trinajstić information content (AvgIpc) is 3.21. The minimum Gasteiger partial charge on any atom is -0.394 e. The van der Waals surface area contributed by atoms with E-state index in [0.717, 1.165) is 28.9 Å². The van der Waals surface area contributed by atoms with Crippen LogP contribution in [0.1, 0.15) is 65.9 Å². The highest BCUT2D eigenvalue weighted by Crippen LogP contribution is 2.42. The van der Waals surface area contributed by atoms with Gasteiger partial charge in [-0.25, -0.2) is 9.97 Å². The lowest BCUT2D eigenvalue weighted by Gasteiger charge is -2.18. The highest BCUT2D eigenvalue weighted by atomic mass is 32.1. The first-order valence-corrected chi connectivity index (χ1v) is 9.95. The van der Waals surface area contributed by atoms with Crippen molar-refractivity contribution in [2.24, 2.45) is 0 Å². The summed E-state index contributed by atoms with van der Waals surface area (Å²) in [6, 6.07) is -0.290. The van der Waals surface area contributed by atoms with Gasteiger partial charge < -0.3 is 10.4 Å². The molecule has 3 aromatic rings. The van der Waals surface area contributed by atoms with Gasteiger partial charge in [0.15, 0.2) is 5.65 Å². The zero-order chi connectivity index (χ0) is 18.4. The van der Waals surface area contributed by atoms with E-state index in [1.165, 1.54) is 16.9 Å². The Morgan fingerprint density at radius 3 is 3.00 bits per heavy atom. The topological polar surface area (TPSA) is 92.4 Å². The molecule has 26 heavy (non-hydrogen) atoms. The fraction of sp³-hybridized carbons (Fsp3) is 0.556. The predicted molar refractivity (Wildman–Crippen MR) is 101 cm³/mol. The number of fused-ring (bicyclic) bond motifs is 5. The lowest BCUT2D eigenvalue weighted by molar-refractivity contribution is 0.0904. The first kappa shape index (κ1) is 17.4. The Labute approximate surface area is 155 Å². The molecular weight excluding hydrogens is 350 g/mol. The lowest BCUT2D eigenvalue weighted by Crippen LogP contribution is -2.37. The van der Waals surface area contributed by atoms with Crippen LogP contribution < -0.4 is 5.32 Å². The average molecular weight is 373 g/mol. The number of hydrogen-bond donors (Lipinski definition) is 2. The summed E-state index contributed by atoms with van der Waals surface area (Å²) >= 11 is 1.74. The van der Waals surface area contributed by atoms with Crippen LogP contribution in [0.3, 0.4) is 0 Å². The van der Waals surface area contributed by atoms with Crippen molar-refractivity contribution in [1.82, 2.24) is 24.9 Å². The summed E-state index contributed by atoms with van der Waals surface area (Å²) in [7, 11) is 0. The van der Waals surface area contributed by atoms with Crippen LogP contribution in [0.25, 0.3) is 15.9 Å². The number of rotatable bonds is 4. The molecule has 3 heterocycles. The minimum atomic E-state index is -0.362. The summed E-state index contributed by atoms with van der Waals surface area (Å²) in [4.78, 5) is 24.2. The molecule has 4 rings (SSSR count). The van der Waals surface area contributed by atoms with E-state index in [4.69, 9.17) is 4.98 Å². The smallest absolute Gasteiger partial charge is 0.291 e. The van der Waals surface area contributed by atoms with Gasteiger partial charge in [-0.2, -0.15) is 4.52 Å². The molecule has 1 amide bonds. The van der Waals surface area contributed by atoms with E-state index in [9.17, 15) is 9.90 Å². The van der Waals surface area contributed by atoms with Gasteiger partial charge in [-0.05, 0) is 44.1 Å². The van der Waals surface area contributed by atoms with E-state index in [1.54, 1.807) is 15.9 Å². The number of hydrogen-bond acceptors (Lipinski definition) is 6. The van der Waals surface area contributed by atoms with E-state index in [0.29, 0.717) is 18.0 Å². The summed E-state index contributed by atoms with van der Waals surface area (Å²) < 4.78 is 1.67. The molecule has 0 saturated heterocycles. The van der Waals surface area contributed by atoms with Crippen molar-refractivity contribution in [3.8, 4) is 0 Å². The van der Waals surface area contributed by atoms with Gasteiger partial charge in [0, 0.05) is 4.88 Å². The second-order valence-corrected chi connectivity index (χ2v) is 8.09. The second kappa shape index (κ2) is 6.59. The second-order valence-electron chi connectivity index (χ2n) is 7.00. The third-order valence-electron chi connectivity index (χ3n) is 5.19. The highest BCUT2D eigenvalue weighted by molar-refractivity contribution is 7.19. The Morgan fingerprint density at radius 2 is 2.27 bits per heavy atom. The van der Waals surface area contributed by atoms with Gasteiger partial charge in [-0.15, -0.1) is 16.4 Å². The number of nitrogens with zero attached hydrogens (tertiary/aromatic N) is 4. The van der Waals surface area contributed by atoms with Crippen LogP contribution in [-0.4, -0.2) is 43.2 Å². The number of nitrogens with one attached hydrogen (secondary N) is 1. The van der Waals surface area contributed by atoms with E-state index < -0.39 is 0 Å². The van der Waals surface area contributed by atoms with E-state index >= 15 is 0 Å². The van der Waals surface area contributed by atoms with Gasteiger partial charge in [0.2, 0.25) is 5.82 Å². The van der Waals surface area contributed by atoms with Crippen molar-refractivity contribution in [1.29, 1.82) is 0 Å². The zero-order valence-electron chi connectivity index (χ0n) is 15.2. The number of carbonyl (C=O) groups is 1. The number of amides is 1. The zero-order valence-corrected chi connectivity index (χ0v) is 16.1. The molecular formula is C18H23N5O2S. The summed E-state index contributed by atoms with van der Waals surface area (Å²) in [5.74, 6) is 0.949. The van der Waals surface area contributed by atoms with Gasteiger partial charge in [0.25, 0.3) is 5.91 Å². The van der Waals surface area contributed by atoms with Crippen LogP contribution in [0.2, 0.25) is 0 Å². The first-order chi connectivity index (χ1) is 12.5. The van der Waals surface area contributed by atoms with Gasteiger partial charge in [-0.3, -0.25) is 4.79 Å². The van der Waals surface area contributed by atoms with Gasteiger partial charge in [0.1, 0.15) is 10.7 Å². The van der Waals surface area contributed by atoms with Crippen molar-refractivity contribution in [2.45, 2.75) is 58.4 Å². The molecule has 138 valence electrons. The van der Waals surface area contributed by atoms with E-state index in [1.807, 2.05) is 13.8 Å². The van der Waals surface area contributed by atoms with Crippen LogP contribution in [0.4, 0.5) is 0 Å². The Kier molecular flexibility index (Phi) is 4.40. The van der Waals surface area contributed by atoms with Crippen molar-refractivity contribution in [3.63, 3.8) is 0 Å². The highest BCUT2D eigenvalue weighted by Gasteiger charge is 2.27. The number of thiophene rings is 1. The molecule has 0 unspecified atom stereocenters. The van der Waals surface area contributed by atoms with Crippen LogP contribution in [-0.2, 0) is 6.42 Å². The standard InChI is InChI=1S/C18H23N5O2S/c1-4-11(8-24)20-17(25)15-21-16-14-13-9(2)6-5-7-12(13)26-18(14)19-10(3)23(16)22-15/h9,11,24H,4-8H2,1-3H3,(H,20,25)/t9-,11+/m0/s1. The maximum Gasteiger partial charge on any atom is 0.291 e. The number of aliphatic hydroxyl groups excluding tert-OH is 1. The van der Waals surface area contributed by atoms with Crippen molar-refractivity contribution < 1.29 is 9.90 Å². The molecule has 2 N–H and O–H groups in total. The Morgan fingerprint density at radius 1 is 1.46 bits per heavy atom. The third-order valence-corrected chi connectivity index (χ3v) is 6.35. The lowest BCUT2D eigenvalue weighted by atomic mass is 9.87. The van der Waals surface area contributed by atoms with E-state index in [-0.39, 0.29) is 24.4 Å². The van der Waals surface area contributed by atoms with Crippen LogP contribution in [0.5, 0.6) is 0 Å². The quantitative estimate of drug-likeness (QED) is 0.733. The predicted octanol–water partition coefficient (Wildman–Crippen LogP) is 2.59. The normalized spacial score (nSPS) is 18.2. The largest absolute Gasteiger partial charge is 0.394 e. The van der Waals surface area contributed by atoms with Crippen LogP contribution in [0, 0.1) is 6.92 Å². The number of aromatic nitrogens is 4. The molecule has 0 saturated carbocycles. The summed E-state index contributed by atoms with van der Waals surface area (Å²) in [6.45, 7) is 5.94. The molecule has 1 aliphatic rings. The number of aryl methyl sites for hydroxylation is 2. The van der Waals surface area contributed by atoms with Crippen molar-refractivity contribution in [3.05, 3.63) is 22.1 Å². The van der Waals surface area contributed by atoms with Crippen LogP contribution in [0.15, 0.2) is 0 Å². The molecule has 1 aliphatic carbocycles. The first-order valence-electron chi connectivity index (χ1n) is 9.13. The Hall–Kier alpha value is -2.06. The summed E-state index contributed by atoms with van der Waals surface area (Å²) in [5, 5.41) is 17.5.